The second-order valence-electron chi connectivity index (χ2n) is 5.80. The van der Waals surface area contributed by atoms with Crippen LogP contribution in [-0.4, -0.2) is 32.3 Å². The predicted molar refractivity (Wildman–Crippen MR) is 83.0 cm³/mol. The van der Waals surface area contributed by atoms with Gasteiger partial charge in [0.15, 0.2) is 5.76 Å². The van der Waals surface area contributed by atoms with E-state index in [1.165, 1.54) is 4.90 Å². The predicted octanol–water partition coefficient (Wildman–Crippen LogP) is 0.208. The van der Waals surface area contributed by atoms with Gasteiger partial charge in [0.05, 0.1) is 20.2 Å². The fourth-order valence-corrected chi connectivity index (χ4v) is 2.20. The maximum absolute atomic E-state index is 9.52. The highest BCUT2D eigenvalue weighted by molar-refractivity contribution is 5.58. The Balaban J connectivity index is 1.93. The summed E-state index contributed by atoms with van der Waals surface area (Å²) in [4.78, 5) is 1.46. The van der Waals surface area contributed by atoms with Gasteiger partial charge in [-0.25, -0.2) is 0 Å². The molecule has 0 amide bonds. The lowest BCUT2D eigenvalue weighted by atomic mass is 10.1. The molecular weight excluding hydrogens is 264 g/mol. The third-order valence-corrected chi connectivity index (χ3v) is 3.53. The highest BCUT2D eigenvalue weighted by Crippen LogP contribution is 2.23. The standard InChI is InChI=1S/C17H24N2O2/c1-13(20)14-4-6-15(7-5-14)17-9-8-16(21-17)12-18-10-11-19(2)3/h4-9,13,18,20H,10-12H2,1-3H3/p+2/t13-/m0/s1. The van der Waals surface area contributed by atoms with E-state index in [4.69, 9.17) is 4.42 Å². The zero-order chi connectivity index (χ0) is 15.2. The Kier molecular flexibility index (Phi) is 5.56. The lowest BCUT2D eigenvalue weighted by molar-refractivity contribution is -0.875. The van der Waals surface area contributed by atoms with Crippen LogP contribution >= 0.6 is 0 Å². The zero-order valence-electron chi connectivity index (χ0n) is 13.1. The van der Waals surface area contributed by atoms with Gasteiger partial charge in [-0.1, -0.05) is 24.3 Å². The van der Waals surface area contributed by atoms with E-state index < -0.39 is 6.10 Å². The molecule has 0 radical (unpaired) electrons. The Bertz CT molecular complexity index is 544. The molecule has 0 saturated heterocycles. The Morgan fingerprint density at radius 2 is 1.86 bits per heavy atom. The van der Waals surface area contributed by atoms with Crippen LogP contribution in [0.2, 0.25) is 0 Å². The van der Waals surface area contributed by atoms with Crippen molar-refractivity contribution in [3.8, 4) is 11.3 Å². The molecule has 114 valence electrons. The first-order valence-electron chi connectivity index (χ1n) is 7.54. The highest BCUT2D eigenvalue weighted by Gasteiger charge is 2.07. The highest BCUT2D eigenvalue weighted by atomic mass is 16.3. The van der Waals surface area contributed by atoms with Crippen LogP contribution in [0.5, 0.6) is 0 Å². The number of furan rings is 1. The Morgan fingerprint density at radius 3 is 2.48 bits per heavy atom. The number of aliphatic hydroxyl groups excluding tert-OH is 1. The Morgan fingerprint density at radius 1 is 1.14 bits per heavy atom. The molecule has 2 aromatic rings. The topological polar surface area (TPSA) is 54.4 Å². The summed E-state index contributed by atoms with van der Waals surface area (Å²) in [6.07, 6.45) is -0.431. The van der Waals surface area contributed by atoms with Gasteiger partial charge in [0, 0.05) is 5.56 Å². The lowest BCUT2D eigenvalue weighted by Gasteiger charge is -2.05. The van der Waals surface area contributed by atoms with Crippen molar-refractivity contribution in [3.63, 3.8) is 0 Å². The van der Waals surface area contributed by atoms with Crippen LogP contribution in [0.4, 0.5) is 0 Å². The van der Waals surface area contributed by atoms with Gasteiger partial charge < -0.3 is 19.7 Å². The summed E-state index contributed by atoms with van der Waals surface area (Å²) in [6, 6.07) is 11.9. The van der Waals surface area contributed by atoms with E-state index >= 15 is 0 Å². The molecule has 1 atom stereocenters. The van der Waals surface area contributed by atoms with Crippen molar-refractivity contribution < 1.29 is 19.7 Å². The van der Waals surface area contributed by atoms with Crippen molar-refractivity contribution in [2.75, 3.05) is 27.2 Å². The van der Waals surface area contributed by atoms with E-state index in [1.807, 2.05) is 36.4 Å². The van der Waals surface area contributed by atoms with Gasteiger partial charge in [-0.15, -0.1) is 0 Å². The maximum atomic E-state index is 9.52. The van der Waals surface area contributed by atoms with Crippen LogP contribution in [-0.2, 0) is 6.54 Å². The van der Waals surface area contributed by atoms with E-state index in [9.17, 15) is 5.11 Å². The van der Waals surface area contributed by atoms with Crippen LogP contribution in [0, 0.1) is 0 Å². The summed E-state index contributed by atoms with van der Waals surface area (Å²) in [7, 11) is 4.32. The van der Waals surface area contributed by atoms with Crippen LogP contribution in [0.25, 0.3) is 11.3 Å². The first kappa shape index (κ1) is 15.8. The molecule has 0 saturated carbocycles. The number of likely N-dealkylation sites (N-methyl/N-ethyl adjacent to an activating group) is 1. The molecule has 0 fully saturated rings. The molecule has 0 aliphatic carbocycles. The molecule has 4 nitrogen and oxygen atoms in total. The molecule has 1 heterocycles. The summed E-state index contributed by atoms with van der Waals surface area (Å²) in [6.45, 7) is 4.89. The normalized spacial score (nSPS) is 12.8. The quantitative estimate of drug-likeness (QED) is 0.639. The number of benzene rings is 1. The first-order valence-corrected chi connectivity index (χ1v) is 7.54. The van der Waals surface area contributed by atoms with Gasteiger partial charge >= 0.3 is 0 Å². The molecule has 0 aliphatic rings. The van der Waals surface area contributed by atoms with Gasteiger partial charge in [-0.3, -0.25) is 0 Å². The van der Waals surface area contributed by atoms with E-state index in [0.717, 1.165) is 42.3 Å². The Hall–Kier alpha value is -1.62. The minimum atomic E-state index is -0.431. The molecule has 0 aliphatic heterocycles. The van der Waals surface area contributed by atoms with E-state index in [0.29, 0.717) is 0 Å². The van der Waals surface area contributed by atoms with Crippen molar-refractivity contribution >= 4 is 0 Å². The average molecular weight is 290 g/mol. The van der Waals surface area contributed by atoms with Crippen molar-refractivity contribution in [2.24, 2.45) is 0 Å². The van der Waals surface area contributed by atoms with Crippen molar-refractivity contribution in [3.05, 3.63) is 47.7 Å². The van der Waals surface area contributed by atoms with E-state index in [2.05, 4.69) is 19.4 Å². The number of nitrogens with one attached hydrogen (secondary N) is 1. The average Bonchev–Trinajstić information content (AvgIpc) is 2.92. The second-order valence-corrected chi connectivity index (χ2v) is 5.80. The summed E-state index contributed by atoms with van der Waals surface area (Å²) >= 11 is 0. The minimum absolute atomic E-state index is 0.431. The van der Waals surface area contributed by atoms with Crippen LogP contribution in [0.1, 0.15) is 24.4 Å². The van der Waals surface area contributed by atoms with Gasteiger partial charge in [0.1, 0.15) is 25.4 Å². The van der Waals surface area contributed by atoms with Crippen LogP contribution in [0.3, 0.4) is 0 Å². The number of quaternary nitrogens is 2. The number of nitrogens with two attached hydrogens (primary N) is 1. The van der Waals surface area contributed by atoms with Crippen molar-refractivity contribution in [1.29, 1.82) is 0 Å². The fourth-order valence-electron chi connectivity index (χ4n) is 2.20. The largest absolute Gasteiger partial charge is 0.455 e. The monoisotopic (exact) mass is 290 g/mol. The van der Waals surface area contributed by atoms with Crippen LogP contribution < -0.4 is 10.2 Å². The molecule has 1 aromatic heterocycles. The summed E-state index contributed by atoms with van der Waals surface area (Å²) in [5.41, 5.74) is 1.97. The molecule has 4 heteroatoms. The van der Waals surface area contributed by atoms with Crippen molar-refractivity contribution in [2.45, 2.75) is 19.6 Å². The summed E-state index contributed by atoms with van der Waals surface area (Å²) < 4.78 is 5.88. The van der Waals surface area contributed by atoms with E-state index in [-0.39, 0.29) is 0 Å². The van der Waals surface area contributed by atoms with E-state index in [1.54, 1.807) is 6.92 Å². The summed E-state index contributed by atoms with van der Waals surface area (Å²) in [5.74, 6) is 1.88. The molecule has 21 heavy (non-hydrogen) atoms. The van der Waals surface area contributed by atoms with Crippen molar-refractivity contribution in [1.82, 2.24) is 0 Å². The van der Waals surface area contributed by atoms with Gasteiger partial charge in [-0.05, 0) is 24.6 Å². The zero-order valence-corrected chi connectivity index (χ0v) is 13.1. The molecule has 0 spiro atoms. The molecule has 2 rings (SSSR count). The SMILES string of the molecule is C[C@H](O)c1ccc(-c2ccc(C[NH2+]CC[NH+](C)C)o2)cc1. The smallest absolute Gasteiger partial charge is 0.158 e. The molecule has 0 unspecified atom stereocenters. The molecular formula is C17H26N2O2+2. The number of hydrogen-bond donors (Lipinski definition) is 3. The third-order valence-electron chi connectivity index (χ3n) is 3.53. The fraction of sp³-hybridized carbons (Fsp3) is 0.412. The Labute approximate surface area is 126 Å². The van der Waals surface area contributed by atoms with Gasteiger partial charge in [-0.2, -0.15) is 0 Å². The van der Waals surface area contributed by atoms with Crippen LogP contribution in [0.15, 0.2) is 40.8 Å². The number of rotatable bonds is 7. The molecule has 0 bridgehead atoms. The number of aliphatic hydroxyl groups is 1. The van der Waals surface area contributed by atoms with Gasteiger partial charge in [0.25, 0.3) is 0 Å². The summed E-state index contributed by atoms with van der Waals surface area (Å²) in [5, 5.41) is 11.8. The molecule has 4 N–H and O–H groups in total. The van der Waals surface area contributed by atoms with Gasteiger partial charge in [0.2, 0.25) is 0 Å². The maximum Gasteiger partial charge on any atom is 0.158 e. The molecule has 1 aromatic carbocycles. The lowest BCUT2D eigenvalue weighted by Crippen LogP contribution is -3.09. The first-order chi connectivity index (χ1) is 10.1. The second kappa shape index (κ2) is 7.41. The minimum Gasteiger partial charge on any atom is -0.455 e. The number of hydrogen-bond acceptors (Lipinski definition) is 2. The third kappa shape index (κ3) is 4.70.